The quantitative estimate of drug-likeness (QED) is 0.812. The Bertz CT molecular complexity index is 849. The number of fused-ring (bicyclic) bond motifs is 1. The van der Waals surface area contributed by atoms with Crippen LogP contribution in [0, 0.1) is 11.3 Å². The average Bonchev–Trinajstić information content (AvgIpc) is 2.83. The number of carbonyl (C=O) groups is 1. The topological polar surface area (TPSA) is 96.1 Å². The zero-order valence-corrected chi connectivity index (χ0v) is 13.2. The molecule has 0 saturated heterocycles. The third-order valence-electron chi connectivity index (χ3n) is 3.23. The van der Waals surface area contributed by atoms with Crippen molar-refractivity contribution in [3.63, 3.8) is 0 Å². The van der Waals surface area contributed by atoms with Gasteiger partial charge in [-0.1, -0.05) is 12.1 Å². The molecule has 0 N–H and O–H groups in total. The van der Waals surface area contributed by atoms with Crippen molar-refractivity contribution in [2.24, 2.45) is 0 Å². The first-order chi connectivity index (χ1) is 10.3. The lowest BCUT2D eigenvalue weighted by Gasteiger charge is -2.16. The van der Waals surface area contributed by atoms with Gasteiger partial charge in [0.25, 0.3) is 0 Å². The minimum Gasteiger partial charge on any atom is -0.343 e. The van der Waals surface area contributed by atoms with Crippen molar-refractivity contribution >= 4 is 26.8 Å². The van der Waals surface area contributed by atoms with E-state index in [9.17, 15) is 13.2 Å². The average molecular weight is 320 g/mol. The molecule has 0 saturated carbocycles. The number of hydrogen-bond acceptors (Lipinski definition) is 5. The second-order valence-electron chi connectivity index (χ2n) is 4.96. The van der Waals surface area contributed by atoms with Gasteiger partial charge in [0.05, 0.1) is 23.5 Å². The van der Waals surface area contributed by atoms with Crippen molar-refractivity contribution < 1.29 is 13.2 Å². The summed E-state index contributed by atoms with van der Waals surface area (Å²) in [6, 6.07) is 8.91. The minimum absolute atomic E-state index is 0.129. The van der Waals surface area contributed by atoms with Gasteiger partial charge in [0.2, 0.25) is 20.9 Å². The molecule has 0 radical (unpaired) electrons. The molecule has 0 aliphatic heterocycles. The van der Waals surface area contributed by atoms with Gasteiger partial charge in [0.1, 0.15) is 6.54 Å². The smallest absolute Gasteiger partial charge is 0.242 e. The number of carbonyl (C=O) groups excluding carboxylic acids is 1. The third kappa shape index (κ3) is 3.26. The van der Waals surface area contributed by atoms with E-state index in [1.807, 2.05) is 6.07 Å². The maximum absolute atomic E-state index is 12.2. The molecule has 1 aromatic carbocycles. The molecule has 0 atom stereocenters. The van der Waals surface area contributed by atoms with E-state index in [-0.39, 0.29) is 24.0 Å². The Hall–Kier alpha value is -2.40. The van der Waals surface area contributed by atoms with Crippen molar-refractivity contribution in [1.29, 1.82) is 5.26 Å². The minimum atomic E-state index is -3.55. The molecule has 22 heavy (non-hydrogen) atoms. The van der Waals surface area contributed by atoms with Crippen LogP contribution in [0.1, 0.15) is 6.42 Å². The van der Waals surface area contributed by atoms with Gasteiger partial charge in [-0.05, 0) is 12.1 Å². The first-order valence-corrected chi connectivity index (χ1v) is 8.50. The Balaban J connectivity index is 2.42. The van der Waals surface area contributed by atoms with Crippen LogP contribution in [-0.2, 0) is 21.2 Å². The molecular weight excluding hydrogens is 304 g/mol. The number of hydrogen-bond donors (Lipinski definition) is 0. The summed E-state index contributed by atoms with van der Waals surface area (Å²) in [5.41, 5.74) is 1.11. The number of likely N-dealkylation sites (N-methyl/N-ethyl adjacent to an activating group) is 1. The molecule has 116 valence electrons. The van der Waals surface area contributed by atoms with E-state index < -0.39 is 9.84 Å². The van der Waals surface area contributed by atoms with E-state index in [2.05, 4.69) is 4.98 Å². The number of aromatic nitrogens is 2. The highest BCUT2D eigenvalue weighted by molar-refractivity contribution is 7.90. The summed E-state index contributed by atoms with van der Waals surface area (Å²) in [4.78, 5) is 17.7. The Morgan fingerprint density at radius 3 is 2.73 bits per heavy atom. The first kappa shape index (κ1) is 16.0. The molecule has 0 aliphatic rings. The molecule has 7 nitrogen and oxygen atoms in total. The van der Waals surface area contributed by atoms with Crippen LogP contribution in [0.15, 0.2) is 29.4 Å². The molecule has 0 unspecified atom stereocenters. The summed E-state index contributed by atoms with van der Waals surface area (Å²) in [5, 5.41) is 8.43. The Labute approximate surface area is 128 Å². The number of benzene rings is 1. The third-order valence-corrected chi connectivity index (χ3v) is 4.20. The van der Waals surface area contributed by atoms with Gasteiger partial charge in [-0.15, -0.1) is 0 Å². The molecule has 0 bridgehead atoms. The summed E-state index contributed by atoms with van der Waals surface area (Å²) in [7, 11) is -1.97. The van der Waals surface area contributed by atoms with Crippen molar-refractivity contribution in [2.75, 3.05) is 19.8 Å². The van der Waals surface area contributed by atoms with Gasteiger partial charge in [0, 0.05) is 19.8 Å². The molecule has 1 amide bonds. The standard InChI is InChI=1S/C14H16N4O3S/c1-17(9-5-8-15)13(19)10-18-12-7-4-3-6-11(12)16-14(18)22(2,20)21/h3-4,6-7H,5,9-10H2,1-2H3. The van der Waals surface area contributed by atoms with Gasteiger partial charge in [-0.25, -0.2) is 13.4 Å². The van der Waals surface area contributed by atoms with Crippen molar-refractivity contribution in [3.05, 3.63) is 24.3 Å². The zero-order valence-electron chi connectivity index (χ0n) is 12.4. The molecule has 0 spiro atoms. The maximum atomic E-state index is 12.2. The molecular formula is C14H16N4O3S. The Morgan fingerprint density at radius 1 is 1.41 bits per heavy atom. The van der Waals surface area contributed by atoms with Crippen molar-refractivity contribution in [1.82, 2.24) is 14.5 Å². The van der Waals surface area contributed by atoms with Crippen LogP contribution in [0.5, 0.6) is 0 Å². The summed E-state index contributed by atoms with van der Waals surface area (Å²) in [6.45, 7) is 0.168. The van der Waals surface area contributed by atoms with E-state index in [0.717, 1.165) is 6.26 Å². The lowest BCUT2D eigenvalue weighted by Crippen LogP contribution is -2.31. The Morgan fingerprint density at radius 2 is 2.09 bits per heavy atom. The largest absolute Gasteiger partial charge is 0.343 e. The highest BCUT2D eigenvalue weighted by Gasteiger charge is 2.21. The van der Waals surface area contributed by atoms with Crippen LogP contribution in [0.2, 0.25) is 0 Å². The number of nitriles is 1. The van der Waals surface area contributed by atoms with Gasteiger partial charge in [-0.3, -0.25) is 4.79 Å². The van der Waals surface area contributed by atoms with E-state index in [1.165, 1.54) is 9.47 Å². The van der Waals surface area contributed by atoms with Crippen LogP contribution in [0.3, 0.4) is 0 Å². The summed E-state index contributed by atoms with van der Waals surface area (Å²) in [5.74, 6) is -0.275. The number of rotatable bonds is 5. The SMILES string of the molecule is CN(CCC#N)C(=O)Cn1c(S(C)(=O)=O)nc2ccccc21. The molecule has 0 aliphatic carbocycles. The fourth-order valence-corrected chi connectivity index (χ4v) is 2.92. The number of sulfone groups is 1. The number of para-hydroxylation sites is 2. The lowest BCUT2D eigenvalue weighted by atomic mass is 10.3. The predicted octanol–water partition coefficient (Wildman–Crippen LogP) is 0.812. The van der Waals surface area contributed by atoms with Crippen molar-refractivity contribution in [3.8, 4) is 6.07 Å². The summed E-state index contributed by atoms with van der Waals surface area (Å²) < 4.78 is 25.2. The number of nitrogens with zero attached hydrogens (tertiary/aromatic N) is 4. The van der Waals surface area contributed by atoms with Crippen LogP contribution in [-0.4, -0.2) is 48.6 Å². The molecule has 8 heteroatoms. The summed E-state index contributed by atoms with van der Waals surface area (Å²) in [6.07, 6.45) is 1.29. The van der Waals surface area contributed by atoms with E-state index in [4.69, 9.17) is 5.26 Å². The van der Waals surface area contributed by atoms with Gasteiger partial charge in [0.15, 0.2) is 0 Å². The number of imidazole rings is 1. The maximum Gasteiger partial charge on any atom is 0.242 e. The fourth-order valence-electron chi connectivity index (χ4n) is 2.09. The molecule has 1 aromatic heterocycles. The van der Waals surface area contributed by atoms with Gasteiger partial charge < -0.3 is 9.47 Å². The van der Waals surface area contributed by atoms with Crippen LogP contribution in [0.4, 0.5) is 0 Å². The molecule has 1 heterocycles. The number of amides is 1. The predicted molar refractivity (Wildman–Crippen MR) is 80.7 cm³/mol. The van der Waals surface area contributed by atoms with Crippen LogP contribution in [0.25, 0.3) is 11.0 Å². The Kier molecular flexibility index (Phi) is 4.47. The van der Waals surface area contributed by atoms with Crippen LogP contribution >= 0.6 is 0 Å². The van der Waals surface area contributed by atoms with E-state index in [0.29, 0.717) is 17.6 Å². The van der Waals surface area contributed by atoms with E-state index in [1.54, 1.807) is 31.3 Å². The highest BCUT2D eigenvalue weighted by atomic mass is 32.2. The highest BCUT2D eigenvalue weighted by Crippen LogP contribution is 2.19. The zero-order chi connectivity index (χ0) is 16.3. The first-order valence-electron chi connectivity index (χ1n) is 6.61. The lowest BCUT2D eigenvalue weighted by molar-refractivity contribution is -0.130. The second kappa shape index (κ2) is 6.15. The second-order valence-corrected chi connectivity index (χ2v) is 6.87. The van der Waals surface area contributed by atoms with E-state index >= 15 is 0 Å². The van der Waals surface area contributed by atoms with Crippen LogP contribution < -0.4 is 0 Å². The normalized spacial score (nSPS) is 11.3. The summed E-state index contributed by atoms with van der Waals surface area (Å²) >= 11 is 0. The van der Waals surface area contributed by atoms with Gasteiger partial charge in [-0.2, -0.15) is 5.26 Å². The molecule has 2 aromatic rings. The molecule has 2 rings (SSSR count). The molecule has 0 fully saturated rings. The monoisotopic (exact) mass is 320 g/mol. The van der Waals surface area contributed by atoms with Crippen molar-refractivity contribution in [2.45, 2.75) is 18.1 Å². The fraction of sp³-hybridized carbons (Fsp3) is 0.357. The van der Waals surface area contributed by atoms with Gasteiger partial charge >= 0.3 is 0 Å².